The highest BCUT2D eigenvalue weighted by Crippen LogP contribution is 2.21. The normalized spacial score (nSPS) is 14.6. The third-order valence-electron chi connectivity index (χ3n) is 7.01. The van der Waals surface area contributed by atoms with Gasteiger partial charge in [-0.1, -0.05) is 102 Å². The largest absolute Gasteiger partial charge is 0.744 e. The van der Waals surface area contributed by atoms with Gasteiger partial charge in [0, 0.05) is 35.4 Å². The molecule has 1 aliphatic heterocycles. The Bertz CT molecular complexity index is 796. The van der Waals surface area contributed by atoms with E-state index in [0.717, 1.165) is 6.54 Å². The highest BCUT2D eigenvalue weighted by molar-refractivity contribution is 14.1. The van der Waals surface area contributed by atoms with E-state index in [2.05, 4.69) is 39.4 Å². The number of benzene rings is 1. The second-order valence-electron chi connectivity index (χ2n) is 10.0. The van der Waals surface area contributed by atoms with E-state index in [1.54, 1.807) is 6.07 Å². The van der Waals surface area contributed by atoms with Crippen molar-refractivity contribution in [1.29, 1.82) is 0 Å². The minimum Gasteiger partial charge on any atom is -0.744 e. The van der Waals surface area contributed by atoms with E-state index in [4.69, 9.17) is 0 Å². The Kier molecular flexibility index (Phi) is 18.9. The van der Waals surface area contributed by atoms with Gasteiger partial charge in [-0.3, -0.25) is 0 Å². The minimum atomic E-state index is -4.25. The molecule has 0 aromatic heterocycles. The Morgan fingerprint density at radius 3 is 1.66 bits per heavy atom. The molecule has 1 fully saturated rings. The molecule has 0 N–H and O–H groups in total. The summed E-state index contributed by atoms with van der Waals surface area (Å²) in [5.74, 6) is 3.34. The summed E-state index contributed by atoms with van der Waals surface area (Å²) in [5.41, 5.74) is 0. The Morgan fingerprint density at radius 1 is 0.800 bits per heavy atom. The molecule has 0 radical (unpaired) electrons. The smallest absolute Gasteiger partial charge is 0.141 e. The van der Waals surface area contributed by atoms with Crippen LogP contribution in [0.5, 0.6) is 0 Å². The van der Waals surface area contributed by atoms with Gasteiger partial charge in [0.15, 0.2) is 0 Å². The first-order valence-corrected chi connectivity index (χ1v) is 16.4. The summed E-state index contributed by atoms with van der Waals surface area (Å²) >= 11 is 2.19. The molecule has 1 heterocycles. The zero-order valence-electron chi connectivity index (χ0n) is 22.0. The van der Waals surface area contributed by atoms with Gasteiger partial charge in [-0.25, -0.2) is 8.42 Å². The molecular formula is C29H48INO3S. The first-order valence-electron chi connectivity index (χ1n) is 13.9. The number of likely N-dealkylation sites (tertiary alicyclic amines) is 1. The second-order valence-corrected chi connectivity index (χ2v) is 11.9. The number of quaternary nitrogens is 1. The molecule has 1 saturated heterocycles. The van der Waals surface area contributed by atoms with Crippen LogP contribution in [-0.4, -0.2) is 43.6 Å². The summed E-state index contributed by atoms with van der Waals surface area (Å²) in [4.78, 5) is -0.185. The molecule has 1 aromatic carbocycles. The van der Waals surface area contributed by atoms with Gasteiger partial charge in [-0.05, 0) is 34.8 Å². The third-order valence-corrected chi connectivity index (χ3v) is 8.24. The van der Waals surface area contributed by atoms with Crippen molar-refractivity contribution in [3.05, 3.63) is 30.3 Å². The SMILES string of the molecule is CCCCCCCCCCCCCCCC[N+]1(CC#CI)CCCC1.O=S(=O)([O-])c1ccccc1. The number of nitrogens with zero attached hydrogens (tertiary/aromatic N) is 1. The lowest BCUT2D eigenvalue weighted by molar-refractivity contribution is -0.910. The topological polar surface area (TPSA) is 57.2 Å². The lowest BCUT2D eigenvalue weighted by Gasteiger charge is -2.32. The fourth-order valence-corrected chi connectivity index (χ4v) is 5.55. The van der Waals surface area contributed by atoms with E-state index in [1.807, 2.05) is 0 Å². The van der Waals surface area contributed by atoms with Crippen LogP contribution >= 0.6 is 22.6 Å². The van der Waals surface area contributed by atoms with Gasteiger partial charge in [0.1, 0.15) is 16.7 Å². The van der Waals surface area contributed by atoms with Crippen LogP contribution in [0.1, 0.15) is 110 Å². The standard InChI is InChI=1S/C23H43IN.C6H6O3S/c1-2-3-4-5-6-7-8-9-10-11-12-13-14-15-20-25(23-18-19-24)21-16-17-22-25;7-10(8,9)6-4-2-1-3-5-6/h2-17,20-23H2,1H3;1-5H,(H,7,8,9)/q+1;/p-1. The summed E-state index contributed by atoms with van der Waals surface area (Å²) in [6.07, 6.45) is 23.2. The molecule has 1 aromatic rings. The van der Waals surface area contributed by atoms with E-state index >= 15 is 0 Å². The van der Waals surface area contributed by atoms with Gasteiger partial charge in [0.05, 0.1) is 24.5 Å². The van der Waals surface area contributed by atoms with Crippen LogP contribution in [0.2, 0.25) is 0 Å². The van der Waals surface area contributed by atoms with Crippen molar-refractivity contribution in [2.24, 2.45) is 0 Å². The van der Waals surface area contributed by atoms with Gasteiger partial charge in [-0.15, -0.1) is 0 Å². The minimum absolute atomic E-state index is 0.185. The van der Waals surface area contributed by atoms with Gasteiger partial charge in [-0.2, -0.15) is 0 Å². The Hall–Kier alpha value is -0.620. The van der Waals surface area contributed by atoms with Crippen molar-refractivity contribution in [3.63, 3.8) is 0 Å². The van der Waals surface area contributed by atoms with Crippen molar-refractivity contribution >= 4 is 32.7 Å². The zero-order chi connectivity index (χ0) is 25.7. The predicted octanol–water partition coefficient (Wildman–Crippen LogP) is 8.06. The molecule has 0 atom stereocenters. The van der Waals surface area contributed by atoms with E-state index in [9.17, 15) is 13.0 Å². The van der Waals surface area contributed by atoms with Crippen LogP contribution in [0.15, 0.2) is 35.2 Å². The summed E-state index contributed by atoms with van der Waals surface area (Å²) in [6, 6.07) is 7.19. The van der Waals surface area contributed by atoms with Gasteiger partial charge >= 0.3 is 0 Å². The fraction of sp³-hybridized carbons (Fsp3) is 0.724. The van der Waals surface area contributed by atoms with Crippen molar-refractivity contribution in [2.45, 2.75) is 115 Å². The molecule has 2 rings (SSSR count). The molecule has 0 aliphatic carbocycles. The van der Waals surface area contributed by atoms with Crippen molar-refractivity contribution < 1.29 is 17.5 Å². The molecule has 0 unspecified atom stereocenters. The predicted molar refractivity (Wildman–Crippen MR) is 155 cm³/mol. The van der Waals surface area contributed by atoms with Crippen LogP contribution in [-0.2, 0) is 10.1 Å². The molecule has 0 bridgehead atoms. The van der Waals surface area contributed by atoms with E-state index in [1.165, 1.54) is 151 Å². The highest BCUT2D eigenvalue weighted by Gasteiger charge is 2.30. The Morgan fingerprint density at radius 2 is 1.26 bits per heavy atom. The van der Waals surface area contributed by atoms with Gasteiger partial charge < -0.3 is 9.04 Å². The van der Waals surface area contributed by atoms with E-state index in [-0.39, 0.29) is 4.90 Å². The molecule has 4 nitrogen and oxygen atoms in total. The zero-order valence-corrected chi connectivity index (χ0v) is 25.0. The summed E-state index contributed by atoms with van der Waals surface area (Å²) < 4.78 is 35.2. The van der Waals surface area contributed by atoms with Gasteiger partial charge in [0.25, 0.3) is 0 Å². The molecular weight excluding hydrogens is 569 g/mol. The van der Waals surface area contributed by atoms with Crippen molar-refractivity contribution in [1.82, 2.24) is 0 Å². The first-order chi connectivity index (χ1) is 16.9. The summed E-state index contributed by atoms with van der Waals surface area (Å²) in [7, 11) is -4.25. The number of hydrogen-bond donors (Lipinski definition) is 0. The molecule has 6 heteroatoms. The maximum atomic E-state index is 10.3. The quantitative estimate of drug-likeness (QED) is 0.0584. The monoisotopic (exact) mass is 617 g/mol. The van der Waals surface area contributed by atoms with Crippen LogP contribution in [0.4, 0.5) is 0 Å². The lowest BCUT2D eigenvalue weighted by atomic mass is 10.0. The lowest BCUT2D eigenvalue weighted by Crippen LogP contribution is -2.46. The van der Waals surface area contributed by atoms with Crippen molar-refractivity contribution in [2.75, 3.05) is 26.2 Å². The highest BCUT2D eigenvalue weighted by atomic mass is 127. The second kappa shape index (κ2) is 20.4. The molecule has 35 heavy (non-hydrogen) atoms. The number of unbranched alkanes of at least 4 members (excludes halogenated alkanes) is 13. The Labute approximate surface area is 230 Å². The average Bonchev–Trinajstić information content (AvgIpc) is 3.32. The van der Waals surface area contributed by atoms with Crippen LogP contribution in [0, 0.1) is 9.85 Å². The summed E-state index contributed by atoms with van der Waals surface area (Å²) in [6.45, 7) is 7.53. The summed E-state index contributed by atoms with van der Waals surface area (Å²) in [5, 5.41) is 0. The maximum Gasteiger partial charge on any atom is 0.141 e. The van der Waals surface area contributed by atoms with E-state index < -0.39 is 10.1 Å². The maximum absolute atomic E-state index is 10.3. The third kappa shape index (κ3) is 16.7. The number of rotatable bonds is 17. The Balaban J connectivity index is 0.000000507. The molecule has 200 valence electrons. The number of hydrogen-bond acceptors (Lipinski definition) is 3. The molecule has 0 amide bonds. The van der Waals surface area contributed by atoms with Gasteiger partial charge in [0.2, 0.25) is 0 Å². The van der Waals surface area contributed by atoms with E-state index in [0.29, 0.717) is 0 Å². The molecule has 1 aliphatic rings. The average molecular weight is 618 g/mol. The van der Waals surface area contributed by atoms with Crippen LogP contribution < -0.4 is 0 Å². The fourth-order valence-electron chi connectivity index (χ4n) is 4.89. The molecule has 0 saturated carbocycles. The molecule has 0 spiro atoms. The first kappa shape index (κ1) is 32.4. The number of halogens is 1. The van der Waals surface area contributed by atoms with Crippen molar-refractivity contribution in [3.8, 4) is 9.85 Å². The van der Waals surface area contributed by atoms with Crippen LogP contribution in [0.3, 0.4) is 0 Å². The van der Waals surface area contributed by atoms with Crippen LogP contribution in [0.25, 0.3) is 0 Å².